The van der Waals surface area contributed by atoms with Gasteiger partial charge in [-0.15, -0.1) is 6.42 Å². The van der Waals surface area contributed by atoms with Crippen molar-refractivity contribution in [3.8, 4) is 12.3 Å². The zero-order valence-electron chi connectivity index (χ0n) is 20.2. The molecule has 1 aliphatic heterocycles. The van der Waals surface area contributed by atoms with Crippen molar-refractivity contribution in [2.45, 2.75) is 19.4 Å². The van der Waals surface area contributed by atoms with Gasteiger partial charge in [0, 0.05) is 37.3 Å². The van der Waals surface area contributed by atoms with Gasteiger partial charge in [0.05, 0.1) is 12.7 Å². The highest BCUT2D eigenvalue weighted by Gasteiger charge is 2.21. The van der Waals surface area contributed by atoms with Crippen LogP contribution in [0.5, 0.6) is 0 Å². The number of rotatable bonds is 7. The maximum absolute atomic E-state index is 12.2. The normalized spacial score (nSPS) is 15.3. The summed E-state index contributed by atoms with van der Waals surface area (Å²) in [6.07, 6.45) is 6.00. The summed E-state index contributed by atoms with van der Waals surface area (Å²) < 4.78 is 5.81. The van der Waals surface area contributed by atoms with Crippen LogP contribution < -0.4 is 5.32 Å². The first-order valence-corrected chi connectivity index (χ1v) is 11.8. The Hall–Kier alpha value is -3.72. The highest BCUT2D eigenvalue weighted by Crippen LogP contribution is 2.08. The minimum Gasteiger partial charge on any atom is -0.374 e. The third kappa shape index (κ3) is 8.86. The van der Waals surface area contributed by atoms with Crippen molar-refractivity contribution in [2.24, 2.45) is 0 Å². The smallest absolute Gasteiger partial charge is 0.251 e. The zero-order chi connectivity index (χ0) is 24.9. The number of carbonyl (C=O) groups is 2. The number of carbonyl (C=O) groups excluding carboxylic acids is 2. The van der Waals surface area contributed by atoms with Gasteiger partial charge in [0.15, 0.2) is 0 Å². The fourth-order valence-electron chi connectivity index (χ4n) is 3.73. The third-order valence-electron chi connectivity index (χ3n) is 5.75. The van der Waals surface area contributed by atoms with Crippen molar-refractivity contribution in [2.75, 3.05) is 32.8 Å². The molecule has 1 amide bonds. The molecular formula is C30H32N2O3. The summed E-state index contributed by atoms with van der Waals surface area (Å²) in [4.78, 5) is 25.4. The molecule has 1 atom stereocenters. The van der Waals surface area contributed by atoms with E-state index in [2.05, 4.69) is 34.5 Å². The zero-order valence-corrected chi connectivity index (χ0v) is 20.2. The van der Waals surface area contributed by atoms with Crippen LogP contribution >= 0.6 is 0 Å². The third-order valence-corrected chi connectivity index (χ3v) is 5.75. The fourth-order valence-corrected chi connectivity index (χ4v) is 3.73. The van der Waals surface area contributed by atoms with Gasteiger partial charge in [0.25, 0.3) is 5.91 Å². The van der Waals surface area contributed by atoms with Crippen LogP contribution in [0, 0.1) is 19.3 Å². The molecule has 5 nitrogen and oxygen atoms in total. The molecule has 3 aromatic carbocycles. The molecule has 0 aromatic heterocycles. The minimum atomic E-state index is -0.263. The predicted molar refractivity (Wildman–Crippen MR) is 139 cm³/mol. The maximum atomic E-state index is 12.2. The van der Waals surface area contributed by atoms with Gasteiger partial charge in [0.1, 0.15) is 0 Å². The Labute approximate surface area is 208 Å². The molecule has 0 radical (unpaired) electrons. The number of benzene rings is 3. The number of aryl methyl sites for hydroxylation is 1. The van der Waals surface area contributed by atoms with E-state index in [9.17, 15) is 9.59 Å². The van der Waals surface area contributed by atoms with Crippen LogP contribution in [-0.2, 0) is 11.2 Å². The second-order valence-corrected chi connectivity index (χ2v) is 8.44. The summed E-state index contributed by atoms with van der Waals surface area (Å²) in [5.74, 6) is 1.74. The number of nitrogens with zero attached hydrogens (tertiary/aromatic N) is 1. The van der Waals surface area contributed by atoms with Crippen molar-refractivity contribution < 1.29 is 14.3 Å². The average molecular weight is 469 g/mol. The number of terminal acetylenes is 1. The van der Waals surface area contributed by atoms with E-state index in [0.717, 1.165) is 38.2 Å². The van der Waals surface area contributed by atoms with Gasteiger partial charge in [-0.1, -0.05) is 78.4 Å². The summed E-state index contributed by atoms with van der Waals surface area (Å²) in [5.41, 5.74) is 3.78. The molecule has 5 heteroatoms. The molecule has 1 saturated heterocycles. The molecular weight excluding hydrogens is 436 g/mol. The van der Waals surface area contributed by atoms with E-state index < -0.39 is 0 Å². The Morgan fingerprint density at radius 3 is 2.29 bits per heavy atom. The molecule has 35 heavy (non-hydrogen) atoms. The number of amides is 1. The highest BCUT2D eigenvalue weighted by molar-refractivity contribution is 6.08. The van der Waals surface area contributed by atoms with Crippen molar-refractivity contribution in [3.05, 3.63) is 107 Å². The van der Waals surface area contributed by atoms with E-state index in [1.54, 1.807) is 24.3 Å². The van der Waals surface area contributed by atoms with Crippen molar-refractivity contribution in [3.63, 3.8) is 0 Å². The first kappa shape index (κ1) is 25.9. The molecule has 0 bridgehead atoms. The second-order valence-electron chi connectivity index (χ2n) is 8.44. The van der Waals surface area contributed by atoms with Crippen LogP contribution in [0.1, 0.15) is 31.8 Å². The van der Waals surface area contributed by atoms with Gasteiger partial charge < -0.3 is 10.1 Å². The van der Waals surface area contributed by atoms with Gasteiger partial charge in [0.2, 0.25) is 5.78 Å². The van der Waals surface area contributed by atoms with Gasteiger partial charge in [-0.2, -0.15) is 0 Å². The number of Topliss-reactive ketones (excluding diaryl/α,β-unsaturated/α-hetero) is 1. The van der Waals surface area contributed by atoms with Gasteiger partial charge in [-0.25, -0.2) is 0 Å². The van der Waals surface area contributed by atoms with Crippen LogP contribution in [0.2, 0.25) is 0 Å². The largest absolute Gasteiger partial charge is 0.374 e. The Morgan fingerprint density at radius 2 is 1.63 bits per heavy atom. The quantitative estimate of drug-likeness (QED) is 0.321. The number of hydrogen-bond acceptors (Lipinski definition) is 4. The summed E-state index contributed by atoms with van der Waals surface area (Å²) >= 11 is 0. The number of ether oxygens (including phenoxy) is 1. The Balaban J connectivity index is 0.000000287. The number of morpholine rings is 1. The van der Waals surface area contributed by atoms with Crippen molar-refractivity contribution in [1.82, 2.24) is 10.2 Å². The lowest BCUT2D eigenvalue weighted by molar-refractivity contribution is -0.0259. The van der Waals surface area contributed by atoms with E-state index >= 15 is 0 Å². The topological polar surface area (TPSA) is 58.6 Å². The highest BCUT2D eigenvalue weighted by atomic mass is 16.5. The summed E-state index contributed by atoms with van der Waals surface area (Å²) in [7, 11) is 0. The van der Waals surface area contributed by atoms with Gasteiger partial charge in [-0.3, -0.25) is 14.5 Å². The van der Waals surface area contributed by atoms with Crippen LogP contribution in [0.3, 0.4) is 0 Å². The lowest BCUT2D eigenvalue weighted by atomic mass is 10.1. The van der Waals surface area contributed by atoms with Crippen LogP contribution in [0.25, 0.3) is 0 Å². The summed E-state index contributed by atoms with van der Waals surface area (Å²) in [6, 6.07) is 27.0. The maximum Gasteiger partial charge on any atom is 0.251 e. The lowest BCUT2D eigenvalue weighted by Gasteiger charge is -2.33. The number of nitrogens with one attached hydrogen (secondary N) is 1. The van der Waals surface area contributed by atoms with E-state index in [-0.39, 0.29) is 17.8 Å². The number of ketones is 1. The molecule has 4 rings (SSSR count). The second kappa shape index (κ2) is 13.9. The first-order valence-electron chi connectivity index (χ1n) is 11.8. The lowest BCUT2D eigenvalue weighted by Crippen LogP contribution is -2.48. The molecule has 1 unspecified atom stereocenters. The average Bonchev–Trinajstić information content (AvgIpc) is 2.92. The first-order chi connectivity index (χ1) is 17.0. The molecule has 1 aliphatic rings. The predicted octanol–water partition coefficient (Wildman–Crippen LogP) is 4.17. The van der Waals surface area contributed by atoms with Gasteiger partial charge >= 0.3 is 0 Å². The molecule has 0 saturated carbocycles. The summed E-state index contributed by atoms with van der Waals surface area (Å²) in [5, 5.41) is 2.99. The molecule has 3 aromatic rings. The summed E-state index contributed by atoms with van der Waals surface area (Å²) in [6.45, 7) is 6.13. The molecule has 0 spiro atoms. The van der Waals surface area contributed by atoms with E-state index in [1.807, 2.05) is 49.2 Å². The molecule has 0 aliphatic carbocycles. The molecule has 1 fully saturated rings. The standard InChI is InChI=1S/C21H26N2O2.C9H6O/c1-17-7-9-19(10-8-17)21(24)22-15-20-16-23(13-14-25-20)12-11-18-5-3-2-4-6-18;1-2-9(10)8-6-4-3-5-7-8/h2-10,20H,11-16H2,1H3,(H,22,24);1,3-7H. The Bertz CT molecular complexity index is 1110. The van der Waals surface area contributed by atoms with E-state index in [4.69, 9.17) is 11.2 Å². The monoisotopic (exact) mass is 468 g/mol. The van der Waals surface area contributed by atoms with Gasteiger partial charge in [-0.05, 0) is 37.0 Å². The SMILES string of the molecule is C#CC(=O)c1ccccc1.Cc1ccc(C(=O)NCC2CN(CCc3ccccc3)CCO2)cc1. The Morgan fingerprint density at radius 1 is 0.971 bits per heavy atom. The molecule has 1 N–H and O–H groups in total. The fraction of sp³-hybridized carbons (Fsp3) is 0.267. The molecule has 1 heterocycles. The van der Waals surface area contributed by atoms with E-state index in [1.165, 1.54) is 5.56 Å². The van der Waals surface area contributed by atoms with Crippen LogP contribution in [0.4, 0.5) is 0 Å². The van der Waals surface area contributed by atoms with E-state index in [0.29, 0.717) is 17.7 Å². The van der Waals surface area contributed by atoms with Crippen LogP contribution in [-0.4, -0.2) is 55.5 Å². The van der Waals surface area contributed by atoms with Crippen molar-refractivity contribution in [1.29, 1.82) is 0 Å². The van der Waals surface area contributed by atoms with Crippen molar-refractivity contribution >= 4 is 11.7 Å². The molecule has 180 valence electrons. The minimum absolute atomic E-state index is 0.0370. The number of hydrogen-bond donors (Lipinski definition) is 1. The van der Waals surface area contributed by atoms with Crippen LogP contribution in [0.15, 0.2) is 84.9 Å². The Kier molecular flexibility index (Phi) is 10.3.